The fraction of sp³-hybridized carbons (Fsp3) is 0.750. The van der Waals surface area contributed by atoms with Crippen molar-refractivity contribution in [3.63, 3.8) is 0 Å². The third-order valence-corrected chi connectivity index (χ3v) is 2.53. The number of nitrogen functional groups attached to an aromatic ring is 1. The summed E-state index contributed by atoms with van der Waals surface area (Å²) in [5, 5.41) is 17.7. The number of nitrogens with zero attached hydrogens (tertiary/aromatic N) is 2. The predicted molar refractivity (Wildman–Crippen MR) is 55.8 cm³/mol. The first-order valence-electron chi connectivity index (χ1n) is 4.26. The van der Waals surface area contributed by atoms with Crippen molar-refractivity contribution in [1.29, 1.82) is 0 Å². The van der Waals surface area contributed by atoms with Crippen LogP contribution in [-0.2, 0) is 5.41 Å². The van der Waals surface area contributed by atoms with Crippen LogP contribution >= 0.6 is 11.3 Å². The molecule has 3 N–H and O–H groups in total. The van der Waals surface area contributed by atoms with Gasteiger partial charge in [0.2, 0.25) is 5.13 Å². The molecule has 0 aromatic carbocycles. The highest BCUT2D eigenvalue weighted by atomic mass is 32.1. The molecule has 5 heteroatoms. The Bertz CT molecular complexity index is 247. The van der Waals surface area contributed by atoms with Crippen molar-refractivity contribution in [3.05, 3.63) is 5.01 Å². The highest BCUT2D eigenvalue weighted by Crippen LogP contribution is 2.26. The molecule has 0 aliphatic carbocycles. The van der Waals surface area contributed by atoms with Gasteiger partial charge in [0.1, 0.15) is 5.01 Å². The molecule has 0 saturated heterocycles. The highest BCUT2D eigenvalue weighted by Gasteiger charge is 2.23. The summed E-state index contributed by atoms with van der Waals surface area (Å²) in [6.07, 6.45) is 0. The van der Waals surface area contributed by atoms with Crippen molar-refractivity contribution in [1.82, 2.24) is 10.2 Å². The lowest BCUT2D eigenvalue weighted by atomic mass is 9.96. The molecule has 76 valence electrons. The zero-order chi connectivity index (χ0) is 10.5. The van der Waals surface area contributed by atoms with E-state index in [0.29, 0.717) is 5.13 Å². The van der Waals surface area contributed by atoms with Crippen molar-refractivity contribution in [3.8, 4) is 0 Å². The van der Waals surface area contributed by atoms with E-state index >= 15 is 0 Å². The van der Waals surface area contributed by atoms with Gasteiger partial charge < -0.3 is 10.8 Å². The molecular formula is C8H17N3OS. The van der Waals surface area contributed by atoms with Gasteiger partial charge in [-0.2, -0.15) is 0 Å². The minimum absolute atomic E-state index is 0.0572. The average molecular weight is 203 g/mol. The third-order valence-electron chi connectivity index (χ3n) is 1.41. The van der Waals surface area contributed by atoms with Gasteiger partial charge in [-0.05, 0) is 0 Å². The van der Waals surface area contributed by atoms with Gasteiger partial charge in [-0.3, -0.25) is 0 Å². The van der Waals surface area contributed by atoms with Crippen LogP contribution in [0.3, 0.4) is 0 Å². The van der Waals surface area contributed by atoms with Gasteiger partial charge in [-0.1, -0.05) is 39.0 Å². The molecule has 0 aliphatic heterocycles. The molecule has 1 rings (SSSR count). The average Bonchev–Trinajstić information content (AvgIpc) is 2.56. The first-order valence-corrected chi connectivity index (χ1v) is 5.08. The maximum absolute atomic E-state index is 8.95. The number of nitrogens with two attached hydrogens (primary N) is 1. The summed E-state index contributed by atoms with van der Waals surface area (Å²) in [6.45, 7) is 7.85. The number of anilines is 1. The van der Waals surface area contributed by atoms with Crippen LogP contribution in [-0.4, -0.2) is 21.9 Å². The third kappa shape index (κ3) is 3.28. The molecule has 1 aromatic rings. The number of hydrogen-bond donors (Lipinski definition) is 2. The molecule has 0 aliphatic rings. The van der Waals surface area contributed by atoms with Crippen LogP contribution in [0.15, 0.2) is 0 Å². The Balaban J connectivity index is 0.000000671. The standard InChI is InChI=1S/C6H11N3OS.C2H6/c1-6(2,3-10)4-8-9-5(7)11-4;1-2/h10H,3H2,1-2H3,(H2,7,9);1-2H3. The summed E-state index contributed by atoms with van der Waals surface area (Å²) in [6, 6.07) is 0. The smallest absolute Gasteiger partial charge is 0.203 e. The molecule has 0 atom stereocenters. The van der Waals surface area contributed by atoms with Crippen molar-refractivity contribution in [2.75, 3.05) is 12.3 Å². The van der Waals surface area contributed by atoms with Gasteiger partial charge in [0.15, 0.2) is 0 Å². The molecule has 0 unspecified atom stereocenters. The van der Waals surface area contributed by atoms with Gasteiger partial charge in [-0.25, -0.2) is 0 Å². The summed E-state index contributed by atoms with van der Waals surface area (Å²) >= 11 is 1.31. The molecule has 1 heterocycles. The van der Waals surface area contributed by atoms with Crippen molar-refractivity contribution in [2.24, 2.45) is 0 Å². The van der Waals surface area contributed by atoms with Gasteiger partial charge >= 0.3 is 0 Å². The van der Waals surface area contributed by atoms with Crippen LogP contribution in [0.4, 0.5) is 5.13 Å². The number of aliphatic hydroxyl groups excluding tert-OH is 1. The Morgan fingerprint density at radius 1 is 1.38 bits per heavy atom. The Hall–Kier alpha value is -0.680. The molecule has 0 saturated carbocycles. The summed E-state index contributed by atoms with van der Waals surface area (Å²) in [5.41, 5.74) is 5.07. The van der Waals surface area contributed by atoms with E-state index in [0.717, 1.165) is 5.01 Å². The van der Waals surface area contributed by atoms with E-state index in [1.165, 1.54) is 11.3 Å². The zero-order valence-corrected chi connectivity index (χ0v) is 9.35. The van der Waals surface area contributed by atoms with E-state index in [1.807, 2.05) is 27.7 Å². The first kappa shape index (κ1) is 12.3. The number of rotatable bonds is 2. The van der Waals surface area contributed by atoms with Gasteiger partial charge in [0.05, 0.1) is 6.61 Å². The summed E-state index contributed by atoms with van der Waals surface area (Å²) in [5.74, 6) is 0. The molecule has 13 heavy (non-hydrogen) atoms. The van der Waals surface area contributed by atoms with Crippen LogP contribution in [0.2, 0.25) is 0 Å². The SMILES string of the molecule is CC.CC(C)(CO)c1nnc(N)s1. The highest BCUT2D eigenvalue weighted by molar-refractivity contribution is 7.15. The van der Waals surface area contributed by atoms with E-state index in [1.54, 1.807) is 0 Å². The van der Waals surface area contributed by atoms with Crippen LogP contribution in [0.1, 0.15) is 32.7 Å². The van der Waals surface area contributed by atoms with E-state index in [2.05, 4.69) is 10.2 Å². The van der Waals surface area contributed by atoms with Gasteiger partial charge in [0, 0.05) is 5.41 Å². The summed E-state index contributed by atoms with van der Waals surface area (Å²) in [7, 11) is 0. The first-order chi connectivity index (χ1) is 6.06. The van der Waals surface area contributed by atoms with E-state index in [9.17, 15) is 0 Å². The van der Waals surface area contributed by atoms with E-state index in [-0.39, 0.29) is 12.0 Å². The van der Waals surface area contributed by atoms with Gasteiger partial charge in [-0.15, -0.1) is 10.2 Å². The molecule has 0 bridgehead atoms. The fourth-order valence-corrected chi connectivity index (χ4v) is 1.28. The normalized spacial score (nSPS) is 10.5. The predicted octanol–water partition coefficient (Wildman–Crippen LogP) is 1.42. The molecule has 1 aromatic heterocycles. The van der Waals surface area contributed by atoms with Crippen molar-refractivity contribution < 1.29 is 5.11 Å². The second-order valence-electron chi connectivity index (χ2n) is 2.99. The monoisotopic (exact) mass is 203 g/mol. The minimum Gasteiger partial charge on any atom is -0.395 e. The Morgan fingerprint density at radius 3 is 2.23 bits per heavy atom. The lowest BCUT2D eigenvalue weighted by Crippen LogP contribution is -2.21. The lowest BCUT2D eigenvalue weighted by Gasteiger charge is -2.16. The summed E-state index contributed by atoms with van der Waals surface area (Å²) < 4.78 is 0. The Kier molecular flexibility index (Phi) is 4.87. The minimum atomic E-state index is -0.324. The molecule has 0 spiro atoms. The maximum Gasteiger partial charge on any atom is 0.203 e. The lowest BCUT2D eigenvalue weighted by molar-refractivity contribution is 0.217. The van der Waals surface area contributed by atoms with E-state index in [4.69, 9.17) is 10.8 Å². The largest absolute Gasteiger partial charge is 0.395 e. The molecule has 0 amide bonds. The van der Waals surface area contributed by atoms with Crippen LogP contribution in [0.25, 0.3) is 0 Å². The molecule has 0 radical (unpaired) electrons. The van der Waals surface area contributed by atoms with Crippen LogP contribution < -0.4 is 5.73 Å². The molecule has 4 nitrogen and oxygen atoms in total. The molecular weight excluding hydrogens is 186 g/mol. The Morgan fingerprint density at radius 2 is 1.92 bits per heavy atom. The molecule has 0 fully saturated rings. The second-order valence-corrected chi connectivity index (χ2v) is 4.00. The number of aromatic nitrogens is 2. The zero-order valence-electron chi connectivity index (χ0n) is 8.53. The van der Waals surface area contributed by atoms with Crippen molar-refractivity contribution in [2.45, 2.75) is 33.1 Å². The fourth-order valence-electron chi connectivity index (χ4n) is 0.576. The topological polar surface area (TPSA) is 72.0 Å². The van der Waals surface area contributed by atoms with Crippen LogP contribution in [0, 0.1) is 0 Å². The quantitative estimate of drug-likeness (QED) is 0.762. The van der Waals surface area contributed by atoms with Crippen molar-refractivity contribution >= 4 is 16.5 Å². The van der Waals surface area contributed by atoms with E-state index < -0.39 is 0 Å². The number of aliphatic hydroxyl groups is 1. The van der Waals surface area contributed by atoms with Crippen LogP contribution in [0.5, 0.6) is 0 Å². The van der Waals surface area contributed by atoms with Gasteiger partial charge in [0.25, 0.3) is 0 Å². The number of hydrogen-bond acceptors (Lipinski definition) is 5. The Labute approximate surface area is 82.8 Å². The second kappa shape index (κ2) is 5.14. The maximum atomic E-state index is 8.95. The summed E-state index contributed by atoms with van der Waals surface area (Å²) in [4.78, 5) is 0.